The van der Waals surface area contributed by atoms with E-state index in [1.54, 1.807) is 0 Å². The molecule has 0 bridgehead atoms. The molecule has 2 aliphatic rings. The van der Waals surface area contributed by atoms with Crippen LogP contribution < -0.4 is 5.32 Å². The van der Waals surface area contributed by atoms with Crippen molar-refractivity contribution in [1.29, 1.82) is 0 Å². The molecule has 3 heteroatoms. The van der Waals surface area contributed by atoms with Crippen LogP contribution in [0.2, 0.25) is 0 Å². The van der Waals surface area contributed by atoms with E-state index < -0.39 is 5.60 Å². The van der Waals surface area contributed by atoms with Crippen LogP contribution >= 0.6 is 0 Å². The first-order valence-corrected chi connectivity index (χ1v) is 7.61. The van der Waals surface area contributed by atoms with Gasteiger partial charge in [0.2, 0.25) is 0 Å². The van der Waals surface area contributed by atoms with E-state index in [0.717, 1.165) is 38.1 Å². The Morgan fingerprint density at radius 1 is 1.39 bits per heavy atom. The van der Waals surface area contributed by atoms with Crippen LogP contribution in [0.5, 0.6) is 0 Å². The number of aliphatic hydroxyl groups is 1. The zero-order valence-electron chi connectivity index (χ0n) is 12.2. The van der Waals surface area contributed by atoms with E-state index in [1.165, 1.54) is 12.8 Å². The number of hydrogen-bond acceptors (Lipinski definition) is 3. The summed E-state index contributed by atoms with van der Waals surface area (Å²) < 4.78 is 5.87. The maximum atomic E-state index is 11.0. The normalized spacial score (nSPS) is 46.0. The van der Waals surface area contributed by atoms with Crippen molar-refractivity contribution in [2.45, 2.75) is 76.5 Å². The molecule has 0 aromatic heterocycles. The van der Waals surface area contributed by atoms with Gasteiger partial charge in [0, 0.05) is 18.9 Å². The van der Waals surface area contributed by atoms with Crippen LogP contribution in [-0.4, -0.2) is 35.5 Å². The number of piperidine rings is 1. The summed E-state index contributed by atoms with van der Waals surface area (Å²) >= 11 is 0. The van der Waals surface area contributed by atoms with Crippen molar-refractivity contribution in [3.63, 3.8) is 0 Å². The van der Waals surface area contributed by atoms with Crippen LogP contribution in [0.25, 0.3) is 0 Å². The van der Waals surface area contributed by atoms with Crippen LogP contribution in [0.1, 0.15) is 59.3 Å². The minimum Gasteiger partial charge on any atom is -0.388 e. The van der Waals surface area contributed by atoms with Crippen molar-refractivity contribution < 1.29 is 9.84 Å². The Hall–Kier alpha value is -0.120. The first kappa shape index (κ1) is 14.3. The molecular weight excluding hydrogens is 226 g/mol. The molecule has 0 spiro atoms. The van der Waals surface area contributed by atoms with Gasteiger partial charge in [0.15, 0.2) is 0 Å². The third-order valence-electron chi connectivity index (χ3n) is 5.15. The quantitative estimate of drug-likeness (QED) is 0.814. The smallest absolute Gasteiger partial charge is 0.0849 e. The monoisotopic (exact) mass is 255 g/mol. The molecule has 106 valence electrons. The fraction of sp³-hybridized carbons (Fsp3) is 1.00. The maximum Gasteiger partial charge on any atom is 0.0849 e. The molecule has 2 rings (SSSR count). The Morgan fingerprint density at radius 2 is 2.17 bits per heavy atom. The second-order valence-electron chi connectivity index (χ2n) is 6.49. The summed E-state index contributed by atoms with van der Waals surface area (Å²) in [4.78, 5) is 0. The summed E-state index contributed by atoms with van der Waals surface area (Å²) in [5, 5.41) is 14.6. The predicted molar refractivity (Wildman–Crippen MR) is 73.6 cm³/mol. The summed E-state index contributed by atoms with van der Waals surface area (Å²) in [6.07, 6.45) is 6.12. The predicted octanol–water partition coefficient (Wildman–Crippen LogP) is 2.47. The molecule has 2 heterocycles. The number of rotatable bonds is 3. The largest absolute Gasteiger partial charge is 0.388 e. The summed E-state index contributed by atoms with van der Waals surface area (Å²) in [6.45, 7) is 8.29. The van der Waals surface area contributed by atoms with Crippen LogP contribution in [0, 0.1) is 5.92 Å². The van der Waals surface area contributed by atoms with Gasteiger partial charge in [-0.05, 0) is 38.6 Å². The van der Waals surface area contributed by atoms with Crippen molar-refractivity contribution in [1.82, 2.24) is 5.32 Å². The molecular formula is C15H29NO2. The Morgan fingerprint density at radius 3 is 2.83 bits per heavy atom. The van der Waals surface area contributed by atoms with Gasteiger partial charge in [-0.25, -0.2) is 0 Å². The van der Waals surface area contributed by atoms with E-state index in [0.29, 0.717) is 6.61 Å². The minimum absolute atomic E-state index is 0.145. The highest BCUT2D eigenvalue weighted by molar-refractivity contribution is 5.01. The molecule has 4 atom stereocenters. The fourth-order valence-electron chi connectivity index (χ4n) is 3.56. The zero-order valence-corrected chi connectivity index (χ0v) is 12.2. The molecule has 0 aromatic rings. The van der Waals surface area contributed by atoms with E-state index >= 15 is 0 Å². The highest BCUT2D eigenvalue weighted by Gasteiger charge is 2.46. The fourth-order valence-corrected chi connectivity index (χ4v) is 3.56. The molecule has 0 saturated carbocycles. The molecule has 0 radical (unpaired) electrons. The number of nitrogens with one attached hydrogen (secondary N) is 1. The SMILES string of the molecule is CCC1CCNC(C2(O)CCOC(C)(CC)C2)C1. The van der Waals surface area contributed by atoms with E-state index in [2.05, 4.69) is 26.1 Å². The van der Waals surface area contributed by atoms with Gasteiger partial charge in [-0.3, -0.25) is 0 Å². The Kier molecular flexibility index (Phi) is 4.35. The van der Waals surface area contributed by atoms with Crippen molar-refractivity contribution in [3.05, 3.63) is 0 Å². The average Bonchev–Trinajstić information content (AvgIpc) is 2.39. The van der Waals surface area contributed by atoms with Crippen molar-refractivity contribution in [2.75, 3.05) is 13.2 Å². The lowest BCUT2D eigenvalue weighted by molar-refractivity contribution is -0.168. The van der Waals surface area contributed by atoms with E-state index in [-0.39, 0.29) is 11.6 Å². The highest BCUT2D eigenvalue weighted by atomic mass is 16.5. The topological polar surface area (TPSA) is 41.5 Å². The summed E-state index contributed by atoms with van der Waals surface area (Å²) in [7, 11) is 0. The maximum absolute atomic E-state index is 11.0. The molecule has 4 unspecified atom stereocenters. The van der Waals surface area contributed by atoms with Gasteiger partial charge in [-0.2, -0.15) is 0 Å². The Balaban J connectivity index is 2.05. The molecule has 3 nitrogen and oxygen atoms in total. The minimum atomic E-state index is -0.573. The lowest BCUT2D eigenvalue weighted by Gasteiger charge is -2.49. The van der Waals surface area contributed by atoms with Crippen LogP contribution in [0.4, 0.5) is 0 Å². The third-order valence-corrected chi connectivity index (χ3v) is 5.15. The van der Waals surface area contributed by atoms with Gasteiger partial charge in [0.05, 0.1) is 17.8 Å². The summed E-state index contributed by atoms with van der Waals surface area (Å²) in [5.74, 6) is 0.774. The Labute approximate surface area is 111 Å². The van der Waals surface area contributed by atoms with Crippen molar-refractivity contribution in [3.8, 4) is 0 Å². The van der Waals surface area contributed by atoms with Crippen molar-refractivity contribution >= 4 is 0 Å². The van der Waals surface area contributed by atoms with Gasteiger partial charge in [-0.15, -0.1) is 0 Å². The van der Waals surface area contributed by atoms with Crippen molar-refractivity contribution in [2.24, 2.45) is 5.92 Å². The van der Waals surface area contributed by atoms with Crippen LogP contribution in [0.15, 0.2) is 0 Å². The lowest BCUT2D eigenvalue weighted by Crippen LogP contribution is -2.60. The van der Waals surface area contributed by atoms with Gasteiger partial charge >= 0.3 is 0 Å². The van der Waals surface area contributed by atoms with E-state index in [9.17, 15) is 5.11 Å². The van der Waals surface area contributed by atoms with Crippen LogP contribution in [0.3, 0.4) is 0 Å². The Bertz CT molecular complexity index is 284. The molecule has 0 amide bonds. The van der Waals surface area contributed by atoms with E-state index in [4.69, 9.17) is 4.74 Å². The molecule has 2 fully saturated rings. The molecule has 2 aliphatic heterocycles. The second-order valence-corrected chi connectivity index (χ2v) is 6.49. The highest BCUT2D eigenvalue weighted by Crippen LogP contribution is 2.39. The van der Waals surface area contributed by atoms with Crippen LogP contribution in [-0.2, 0) is 4.74 Å². The first-order valence-electron chi connectivity index (χ1n) is 7.61. The summed E-state index contributed by atoms with van der Waals surface area (Å²) in [6, 6.07) is 0.256. The zero-order chi connectivity index (χ0) is 13.2. The average molecular weight is 255 g/mol. The molecule has 0 aliphatic carbocycles. The lowest BCUT2D eigenvalue weighted by atomic mass is 9.73. The molecule has 0 aromatic carbocycles. The first-order chi connectivity index (χ1) is 8.51. The van der Waals surface area contributed by atoms with Gasteiger partial charge in [0.1, 0.15) is 0 Å². The number of hydrogen-bond donors (Lipinski definition) is 2. The molecule has 2 saturated heterocycles. The standard InChI is InChI=1S/C15H29NO2/c1-4-12-6-8-16-13(10-12)15(17)7-9-18-14(3,5-2)11-15/h12-13,16-17H,4-11H2,1-3H3. The van der Waals surface area contributed by atoms with Gasteiger partial charge in [0.25, 0.3) is 0 Å². The summed E-state index contributed by atoms with van der Waals surface area (Å²) in [5.41, 5.74) is -0.718. The molecule has 18 heavy (non-hydrogen) atoms. The van der Waals surface area contributed by atoms with E-state index in [1.807, 2.05) is 0 Å². The molecule has 2 N–H and O–H groups in total. The van der Waals surface area contributed by atoms with Gasteiger partial charge < -0.3 is 15.2 Å². The number of ether oxygens (including phenoxy) is 1. The third kappa shape index (κ3) is 2.89. The van der Waals surface area contributed by atoms with Gasteiger partial charge in [-0.1, -0.05) is 20.3 Å². The second kappa shape index (κ2) is 5.48.